The summed E-state index contributed by atoms with van der Waals surface area (Å²) in [5.41, 5.74) is 1.06. The summed E-state index contributed by atoms with van der Waals surface area (Å²) in [7, 11) is 0. The highest BCUT2D eigenvalue weighted by Crippen LogP contribution is 2.23. The third-order valence-corrected chi connectivity index (χ3v) is 3.21. The predicted molar refractivity (Wildman–Crippen MR) is 61.1 cm³/mol. The lowest BCUT2D eigenvalue weighted by Crippen LogP contribution is -2.44. The molecule has 2 aromatic rings. The molecule has 0 atom stereocenters. The van der Waals surface area contributed by atoms with Crippen LogP contribution in [-0.2, 0) is 6.54 Å². The molecule has 4 heteroatoms. The first-order chi connectivity index (χ1) is 7.34. The molecule has 15 heavy (non-hydrogen) atoms. The number of fused-ring (bicyclic) bond motifs is 1. The Morgan fingerprint density at radius 2 is 2.33 bits per heavy atom. The van der Waals surface area contributed by atoms with Gasteiger partial charge in [0.1, 0.15) is 0 Å². The van der Waals surface area contributed by atoms with Gasteiger partial charge in [-0.15, -0.1) is 0 Å². The number of rotatable bonds is 2. The molecule has 1 fully saturated rings. The first-order valence-electron chi connectivity index (χ1n) is 5.15. The van der Waals surface area contributed by atoms with Crippen LogP contribution in [0.15, 0.2) is 24.4 Å². The molecule has 0 amide bonds. The zero-order valence-corrected chi connectivity index (χ0v) is 9.04. The molecule has 2 heterocycles. The fourth-order valence-corrected chi connectivity index (χ4v) is 2.24. The fourth-order valence-electron chi connectivity index (χ4n) is 1.96. The summed E-state index contributed by atoms with van der Waals surface area (Å²) < 4.78 is 2.02. The first-order valence-corrected chi connectivity index (χ1v) is 5.53. The van der Waals surface area contributed by atoms with Crippen molar-refractivity contribution in [2.75, 3.05) is 13.1 Å². The maximum atomic E-state index is 6.17. The average Bonchev–Trinajstić information content (AvgIpc) is 2.56. The highest BCUT2D eigenvalue weighted by molar-refractivity contribution is 6.35. The monoisotopic (exact) mass is 221 g/mol. The van der Waals surface area contributed by atoms with Crippen molar-refractivity contribution in [2.24, 2.45) is 5.92 Å². The summed E-state index contributed by atoms with van der Waals surface area (Å²) in [4.78, 5) is 0. The van der Waals surface area contributed by atoms with Gasteiger partial charge < -0.3 is 5.32 Å². The molecule has 1 aromatic carbocycles. The molecule has 78 valence electrons. The molecule has 1 N–H and O–H groups in total. The quantitative estimate of drug-likeness (QED) is 0.840. The van der Waals surface area contributed by atoms with Gasteiger partial charge in [-0.05, 0) is 6.07 Å². The Bertz CT molecular complexity index is 488. The molecular formula is C11H12ClN3. The van der Waals surface area contributed by atoms with Crippen LogP contribution in [0.3, 0.4) is 0 Å². The van der Waals surface area contributed by atoms with E-state index in [-0.39, 0.29) is 0 Å². The van der Waals surface area contributed by atoms with Crippen molar-refractivity contribution in [1.29, 1.82) is 0 Å². The van der Waals surface area contributed by atoms with Crippen LogP contribution < -0.4 is 5.32 Å². The Morgan fingerprint density at radius 3 is 3.07 bits per heavy atom. The van der Waals surface area contributed by atoms with Crippen molar-refractivity contribution in [3.8, 4) is 0 Å². The van der Waals surface area contributed by atoms with E-state index < -0.39 is 0 Å². The summed E-state index contributed by atoms with van der Waals surface area (Å²) in [6.45, 7) is 3.14. The number of para-hydroxylation sites is 1. The van der Waals surface area contributed by atoms with Crippen LogP contribution >= 0.6 is 11.6 Å². The van der Waals surface area contributed by atoms with Crippen LogP contribution in [-0.4, -0.2) is 22.9 Å². The van der Waals surface area contributed by atoms with Crippen LogP contribution in [0, 0.1) is 5.92 Å². The lowest BCUT2D eigenvalue weighted by molar-refractivity contribution is 0.299. The smallest absolute Gasteiger partial charge is 0.0868 e. The number of hydrogen-bond donors (Lipinski definition) is 1. The SMILES string of the molecule is Clc1cccc2cnn(CC3CNC3)c12. The second kappa shape index (κ2) is 3.51. The van der Waals surface area contributed by atoms with Gasteiger partial charge >= 0.3 is 0 Å². The van der Waals surface area contributed by atoms with Crippen LogP contribution in [0.5, 0.6) is 0 Å². The fraction of sp³-hybridized carbons (Fsp3) is 0.364. The average molecular weight is 222 g/mol. The highest BCUT2D eigenvalue weighted by Gasteiger charge is 2.18. The number of halogens is 1. The van der Waals surface area contributed by atoms with Gasteiger partial charge in [-0.1, -0.05) is 23.7 Å². The Balaban J connectivity index is 2.02. The molecule has 0 bridgehead atoms. The zero-order chi connectivity index (χ0) is 10.3. The number of hydrogen-bond acceptors (Lipinski definition) is 2. The van der Waals surface area contributed by atoms with Crippen molar-refractivity contribution < 1.29 is 0 Å². The van der Waals surface area contributed by atoms with E-state index in [2.05, 4.69) is 10.4 Å². The van der Waals surface area contributed by atoms with Crippen LogP contribution in [0.1, 0.15) is 0 Å². The van der Waals surface area contributed by atoms with Gasteiger partial charge in [0.2, 0.25) is 0 Å². The largest absolute Gasteiger partial charge is 0.316 e. The van der Waals surface area contributed by atoms with Crippen LogP contribution in [0.25, 0.3) is 10.9 Å². The third kappa shape index (κ3) is 1.52. The third-order valence-electron chi connectivity index (χ3n) is 2.91. The van der Waals surface area contributed by atoms with Gasteiger partial charge in [-0.2, -0.15) is 5.10 Å². The van der Waals surface area contributed by atoms with Crippen molar-refractivity contribution >= 4 is 22.5 Å². The van der Waals surface area contributed by atoms with Crippen molar-refractivity contribution in [2.45, 2.75) is 6.54 Å². The lowest BCUT2D eigenvalue weighted by Gasteiger charge is -2.27. The predicted octanol–water partition coefficient (Wildman–Crippen LogP) is 1.91. The summed E-state index contributed by atoms with van der Waals surface area (Å²) in [6.07, 6.45) is 1.88. The van der Waals surface area contributed by atoms with E-state index in [0.717, 1.165) is 35.6 Å². The van der Waals surface area contributed by atoms with Gasteiger partial charge in [0.05, 0.1) is 16.7 Å². The Morgan fingerprint density at radius 1 is 1.47 bits per heavy atom. The number of nitrogens with zero attached hydrogens (tertiary/aromatic N) is 2. The van der Waals surface area contributed by atoms with E-state index in [0.29, 0.717) is 5.92 Å². The molecule has 0 saturated carbocycles. The summed E-state index contributed by atoms with van der Waals surface area (Å²) in [6, 6.07) is 5.92. The standard InChI is InChI=1S/C11H12ClN3/c12-10-3-1-2-9-6-14-15(11(9)10)7-8-4-13-5-8/h1-3,6,8,13H,4-5,7H2. The summed E-state index contributed by atoms with van der Waals surface area (Å²) in [5, 5.41) is 9.55. The maximum Gasteiger partial charge on any atom is 0.0868 e. The zero-order valence-electron chi connectivity index (χ0n) is 8.28. The number of aromatic nitrogens is 2. The molecule has 0 radical (unpaired) electrons. The van der Waals surface area contributed by atoms with Gasteiger partial charge in [0.25, 0.3) is 0 Å². The topological polar surface area (TPSA) is 29.9 Å². The molecule has 0 aliphatic carbocycles. The van der Waals surface area contributed by atoms with Gasteiger partial charge in [0.15, 0.2) is 0 Å². The second-order valence-electron chi connectivity index (χ2n) is 4.03. The Hall–Kier alpha value is -1.06. The maximum absolute atomic E-state index is 6.17. The number of benzene rings is 1. The molecule has 1 aromatic heterocycles. The Labute approximate surface area is 93.0 Å². The molecule has 1 aliphatic heterocycles. The van der Waals surface area contributed by atoms with Gasteiger partial charge in [-0.3, -0.25) is 4.68 Å². The van der Waals surface area contributed by atoms with Crippen LogP contribution in [0.2, 0.25) is 5.02 Å². The second-order valence-corrected chi connectivity index (χ2v) is 4.44. The molecule has 0 spiro atoms. The van der Waals surface area contributed by atoms with E-state index >= 15 is 0 Å². The Kier molecular flexibility index (Phi) is 2.15. The van der Waals surface area contributed by atoms with E-state index in [1.165, 1.54) is 0 Å². The van der Waals surface area contributed by atoms with E-state index in [4.69, 9.17) is 11.6 Å². The number of nitrogens with one attached hydrogen (secondary N) is 1. The minimum absolute atomic E-state index is 0.698. The normalized spacial score (nSPS) is 16.9. The van der Waals surface area contributed by atoms with Crippen molar-refractivity contribution in [1.82, 2.24) is 15.1 Å². The lowest BCUT2D eigenvalue weighted by atomic mass is 10.0. The minimum Gasteiger partial charge on any atom is -0.316 e. The first kappa shape index (κ1) is 9.19. The molecule has 3 rings (SSSR count). The molecule has 0 unspecified atom stereocenters. The van der Waals surface area contributed by atoms with E-state index in [1.54, 1.807) is 0 Å². The highest BCUT2D eigenvalue weighted by atomic mass is 35.5. The van der Waals surface area contributed by atoms with Gasteiger partial charge in [-0.25, -0.2) is 0 Å². The minimum atomic E-state index is 0.698. The van der Waals surface area contributed by atoms with Crippen LogP contribution in [0.4, 0.5) is 0 Å². The van der Waals surface area contributed by atoms with Gasteiger partial charge in [0, 0.05) is 30.9 Å². The summed E-state index contributed by atoms with van der Waals surface area (Å²) >= 11 is 6.17. The molecule has 1 saturated heterocycles. The summed E-state index contributed by atoms with van der Waals surface area (Å²) in [5.74, 6) is 0.698. The van der Waals surface area contributed by atoms with Crippen molar-refractivity contribution in [3.63, 3.8) is 0 Å². The van der Waals surface area contributed by atoms with Crippen molar-refractivity contribution in [3.05, 3.63) is 29.4 Å². The van der Waals surface area contributed by atoms with E-state index in [9.17, 15) is 0 Å². The molecule has 1 aliphatic rings. The molecule has 3 nitrogen and oxygen atoms in total. The molecular weight excluding hydrogens is 210 g/mol. The van der Waals surface area contributed by atoms with E-state index in [1.807, 2.05) is 29.1 Å².